The van der Waals surface area contributed by atoms with E-state index in [0.717, 1.165) is 58.1 Å². The van der Waals surface area contributed by atoms with Gasteiger partial charge in [-0.15, -0.1) is 24.0 Å². The van der Waals surface area contributed by atoms with E-state index in [1.807, 2.05) is 0 Å². The van der Waals surface area contributed by atoms with Crippen LogP contribution in [0, 0.1) is 6.92 Å². The lowest BCUT2D eigenvalue weighted by atomic mass is 10.1. The number of H-pyrrole nitrogens is 1. The van der Waals surface area contributed by atoms with Crippen LogP contribution in [0.4, 0.5) is 0 Å². The van der Waals surface area contributed by atoms with Gasteiger partial charge in [0.1, 0.15) is 0 Å². The second-order valence-electron chi connectivity index (χ2n) is 6.90. The highest BCUT2D eigenvalue weighted by molar-refractivity contribution is 14.0. The summed E-state index contributed by atoms with van der Waals surface area (Å²) in [6.07, 6.45) is 4.14. The third-order valence-corrected chi connectivity index (χ3v) is 4.67. The average molecular weight is 501 g/mol. The van der Waals surface area contributed by atoms with Crippen molar-refractivity contribution in [1.29, 1.82) is 0 Å². The molecule has 0 unspecified atom stereocenters. The summed E-state index contributed by atoms with van der Waals surface area (Å²) in [6.45, 7) is 9.56. The molecule has 0 fully saturated rings. The number of nitrogens with one attached hydrogen (secondary N) is 3. The molecule has 158 valence electrons. The van der Waals surface area contributed by atoms with E-state index in [1.54, 1.807) is 7.11 Å². The van der Waals surface area contributed by atoms with Crippen LogP contribution in [-0.4, -0.2) is 69.3 Å². The van der Waals surface area contributed by atoms with Crippen molar-refractivity contribution in [3.8, 4) is 0 Å². The Morgan fingerprint density at radius 1 is 1.25 bits per heavy atom. The molecule has 0 amide bonds. The van der Waals surface area contributed by atoms with Gasteiger partial charge < -0.3 is 25.3 Å². The van der Waals surface area contributed by atoms with Crippen molar-refractivity contribution < 1.29 is 4.74 Å². The number of aliphatic imine (C=N–C) groups is 1. The maximum Gasteiger partial charge on any atom is 0.191 e. The number of nitrogens with zero attached hydrogens (tertiary/aromatic N) is 2. The zero-order valence-corrected chi connectivity index (χ0v) is 20.0. The van der Waals surface area contributed by atoms with Gasteiger partial charge in [0.2, 0.25) is 0 Å². The third-order valence-electron chi connectivity index (χ3n) is 4.67. The molecule has 0 aliphatic carbocycles. The summed E-state index contributed by atoms with van der Waals surface area (Å²) < 4.78 is 5.10. The fraction of sp³-hybridized carbons (Fsp3) is 0.571. The summed E-state index contributed by atoms with van der Waals surface area (Å²) >= 11 is 0. The molecule has 7 heteroatoms. The Labute approximate surface area is 186 Å². The number of guanidine groups is 1. The van der Waals surface area contributed by atoms with Crippen LogP contribution >= 0.6 is 24.0 Å². The first-order chi connectivity index (χ1) is 13.2. The molecule has 2 aromatic rings. The predicted molar refractivity (Wildman–Crippen MR) is 130 cm³/mol. The zero-order chi connectivity index (χ0) is 19.5. The highest BCUT2D eigenvalue weighted by Crippen LogP contribution is 2.22. The van der Waals surface area contributed by atoms with Crippen LogP contribution in [0.2, 0.25) is 0 Å². The van der Waals surface area contributed by atoms with Crippen molar-refractivity contribution >= 4 is 40.8 Å². The van der Waals surface area contributed by atoms with Crippen molar-refractivity contribution in [2.24, 2.45) is 4.99 Å². The summed E-state index contributed by atoms with van der Waals surface area (Å²) in [5.41, 5.74) is 3.88. The first kappa shape index (κ1) is 24.7. The number of aromatic amines is 1. The summed E-state index contributed by atoms with van der Waals surface area (Å²) in [4.78, 5) is 10.4. The average Bonchev–Trinajstić information content (AvgIpc) is 3.06. The second-order valence-corrected chi connectivity index (χ2v) is 6.90. The molecule has 28 heavy (non-hydrogen) atoms. The minimum absolute atomic E-state index is 0. The molecule has 0 saturated heterocycles. The minimum atomic E-state index is 0. The Balaban J connectivity index is 0.00000392. The van der Waals surface area contributed by atoms with E-state index in [0.29, 0.717) is 0 Å². The number of methoxy groups -OCH3 is 1. The molecular weight excluding hydrogens is 465 g/mol. The van der Waals surface area contributed by atoms with Gasteiger partial charge >= 0.3 is 0 Å². The molecule has 1 aromatic carbocycles. The van der Waals surface area contributed by atoms with Gasteiger partial charge in [-0.3, -0.25) is 4.99 Å². The molecule has 6 nitrogen and oxygen atoms in total. The van der Waals surface area contributed by atoms with Crippen LogP contribution in [0.1, 0.15) is 24.5 Å². The smallest absolute Gasteiger partial charge is 0.191 e. The summed E-state index contributed by atoms with van der Waals surface area (Å²) in [5, 5.41) is 8.13. The molecular formula is C21H36IN5O. The SMILES string of the molecule is CCNC(=NCCN(C)CCCOC)NCCc1c[nH]c2cccc(C)c12.I. The van der Waals surface area contributed by atoms with E-state index < -0.39 is 0 Å². The van der Waals surface area contributed by atoms with Gasteiger partial charge in [-0.05, 0) is 50.9 Å². The lowest BCUT2D eigenvalue weighted by Crippen LogP contribution is -2.39. The zero-order valence-electron chi connectivity index (χ0n) is 17.7. The van der Waals surface area contributed by atoms with Crippen LogP contribution in [-0.2, 0) is 11.2 Å². The summed E-state index contributed by atoms with van der Waals surface area (Å²) in [5.74, 6) is 0.888. The monoisotopic (exact) mass is 501 g/mol. The molecule has 0 aliphatic rings. The van der Waals surface area contributed by atoms with Crippen LogP contribution in [0.25, 0.3) is 10.9 Å². The number of hydrogen-bond acceptors (Lipinski definition) is 3. The Kier molecular flexibility index (Phi) is 12.2. The number of hydrogen-bond donors (Lipinski definition) is 3. The molecule has 0 bridgehead atoms. The first-order valence-corrected chi connectivity index (χ1v) is 9.91. The van der Waals surface area contributed by atoms with Gasteiger partial charge in [-0.25, -0.2) is 0 Å². The van der Waals surface area contributed by atoms with Gasteiger partial charge in [-0.2, -0.15) is 0 Å². The number of fused-ring (bicyclic) bond motifs is 1. The number of aromatic nitrogens is 1. The highest BCUT2D eigenvalue weighted by Gasteiger charge is 2.06. The molecule has 1 heterocycles. The van der Waals surface area contributed by atoms with Crippen LogP contribution in [0.3, 0.4) is 0 Å². The number of aryl methyl sites for hydroxylation is 1. The molecule has 1 aromatic heterocycles. The standard InChI is InChI=1S/C21H35N5O.HI/c1-5-22-21(24-12-14-26(3)13-7-15-27-4)23-11-10-18-16-25-19-9-6-8-17(2)20(18)19;/h6,8-9,16,25H,5,7,10-15H2,1-4H3,(H2,22,23,24);1H. The van der Waals surface area contributed by atoms with E-state index in [4.69, 9.17) is 9.73 Å². The van der Waals surface area contributed by atoms with Crippen molar-refractivity contribution in [3.05, 3.63) is 35.5 Å². The molecule has 0 atom stereocenters. The fourth-order valence-electron chi connectivity index (χ4n) is 3.23. The van der Waals surface area contributed by atoms with Crippen LogP contribution in [0.5, 0.6) is 0 Å². The maximum atomic E-state index is 5.10. The van der Waals surface area contributed by atoms with E-state index in [1.165, 1.54) is 22.0 Å². The summed E-state index contributed by atoms with van der Waals surface area (Å²) in [6, 6.07) is 6.40. The molecule has 0 radical (unpaired) electrons. The molecule has 0 spiro atoms. The van der Waals surface area contributed by atoms with E-state index in [9.17, 15) is 0 Å². The normalized spacial score (nSPS) is 11.7. The Bertz CT molecular complexity index is 716. The maximum absolute atomic E-state index is 5.10. The molecule has 0 aliphatic heterocycles. The van der Waals surface area contributed by atoms with E-state index in [2.05, 4.69) is 65.8 Å². The largest absolute Gasteiger partial charge is 0.385 e. The van der Waals surface area contributed by atoms with Gasteiger partial charge in [0.05, 0.1) is 6.54 Å². The van der Waals surface area contributed by atoms with Crippen molar-refractivity contribution in [1.82, 2.24) is 20.5 Å². The van der Waals surface area contributed by atoms with Crippen molar-refractivity contribution in [2.45, 2.75) is 26.7 Å². The minimum Gasteiger partial charge on any atom is -0.385 e. The van der Waals surface area contributed by atoms with Crippen LogP contribution < -0.4 is 10.6 Å². The second kappa shape index (κ2) is 13.8. The van der Waals surface area contributed by atoms with Gasteiger partial charge in [0, 0.05) is 57.0 Å². The topological polar surface area (TPSA) is 64.7 Å². The van der Waals surface area contributed by atoms with E-state index in [-0.39, 0.29) is 24.0 Å². The number of ether oxygens (including phenoxy) is 1. The number of benzene rings is 1. The quantitative estimate of drug-likeness (QED) is 0.192. The Morgan fingerprint density at radius 3 is 2.82 bits per heavy atom. The van der Waals surface area contributed by atoms with Gasteiger partial charge in [0.25, 0.3) is 0 Å². The van der Waals surface area contributed by atoms with Gasteiger partial charge in [0.15, 0.2) is 5.96 Å². The van der Waals surface area contributed by atoms with Crippen LogP contribution in [0.15, 0.2) is 29.4 Å². The number of likely N-dealkylation sites (N-methyl/N-ethyl adjacent to an activating group) is 1. The molecule has 2 rings (SSSR count). The molecule has 3 N–H and O–H groups in total. The number of rotatable bonds is 11. The summed E-state index contributed by atoms with van der Waals surface area (Å²) in [7, 11) is 3.88. The first-order valence-electron chi connectivity index (χ1n) is 9.91. The van der Waals surface area contributed by atoms with Crippen molar-refractivity contribution in [3.63, 3.8) is 0 Å². The lowest BCUT2D eigenvalue weighted by Gasteiger charge is -2.16. The highest BCUT2D eigenvalue weighted by atomic mass is 127. The van der Waals surface area contributed by atoms with Crippen molar-refractivity contribution in [2.75, 3.05) is 53.5 Å². The lowest BCUT2D eigenvalue weighted by molar-refractivity contribution is 0.180. The predicted octanol–water partition coefficient (Wildman–Crippen LogP) is 3.16. The third kappa shape index (κ3) is 7.97. The number of halogens is 1. The Hall–Kier alpha value is -1.32. The van der Waals surface area contributed by atoms with E-state index >= 15 is 0 Å². The van der Waals surface area contributed by atoms with Gasteiger partial charge in [-0.1, -0.05) is 12.1 Å². The molecule has 0 saturated carbocycles. The fourth-order valence-corrected chi connectivity index (χ4v) is 3.23. The Morgan fingerprint density at radius 2 is 2.07 bits per heavy atom.